The van der Waals surface area contributed by atoms with Gasteiger partial charge in [0.15, 0.2) is 0 Å². The molecule has 0 unspecified atom stereocenters. The van der Waals surface area contributed by atoms with Gasteiger partial charge in [-0.2, -0.15) is 0 Å². The molecule has 3 aromatic rings. The second-order valence-electron chi connectivity index (χ2n) is 6.78. The van der Waals surface area contributed by atoms with Crippen molar-refractivity contribution in [3.8, 4) is 0 Å². The number of aliphatic hydroxyl groups is 1. The fourth-order valence-electron chi connectivity index (χ4n) is 3.46. The third-order valence-corrected chi connectivity index (χ3v) is 4.89. The van der Waals surface area contributed by atoms with Crippen LogP contribution in [0, 0.1) is 6.92 Å². The molecule has 1 aliphatic heterocycles. The normalized spacial score (nSPS) is 18.6. The molecule has 0 spiro atoms. The molecule has 1 atom stereocenters. The van der Waals surface area contributed by atoms with Gasteiger partial charge in [-0.1, -0.05) is 60.2 Å². The van der Waals surface area contributed by atoms with Crippen LogP contribution in [0.4, 0.5) is 0 Å². The van der Waals surface area contributed by atoms with E-state index in [0.29, 0.717) is 11.3 Å². The molecule has 0 aliphatic carbocycles. The van der Waals surface area contributed by atoms with Crippen molar-refractivity contribution >= 4 is 17.4 Å². The number of hydrogen-bond acceptors (Lipinski definition) is 4. The zero-order chi connectivity index (χ0) is 19.7. The van der Waals surface area contributed by atoms with Gasteiger partial charge in [0.25, 0.3) is 11.7 Å². The van der Waals surface area contributed by atoms with E-state index in [-0.39, 0.29) is 17.9 Å². The lowest BCUT2D eigenvalue weighted by molar-refractivity contribution is -0.140. The van der Waals surface area contributed by atoms with Gasteiger partial charge in [0.05, 0.1) is 24.4 Å². The maximum atomic E-state index is 12.9. The van der Waals surface area contributed by atoms with Gasteiger partial charge >= 0.3 is 0 Å². The van der Waals surface area contributed by atoms with Crippen LogP contribution in [0.25, 0.3) is 5.76 Å². The number of hydrogen-bond donors (Lipinski definition) is 1. The number of rotatable bonds is 4. The van der Waals surface area contributed by atoms with E-state index in [1.54, 1.807) is 36.4 Å². The second-order valence-corrected chi connectivity index (χ2v) is 6.78. The van der Waals surface area contributed by atoms with Gasteiger partial charge in [0, 0.05) is 5.56 Å². The Balaban J connectivity index is 1.86. The van der Waals surface area contributed by atoms with Crippen LogP contribution in [0.2, 0.25) is 0 Å². The summed E-state index contributed by atoms with van der Waals surface area (Å²) in [7, 11) is 0. The van der Waals surface area contributed by atoms with Gasteiger partial charge in [-0.3, -0.25) is 9.59 Å². The fourth-order valence-corrected chi connectivity index (χ4v) is 3.46. The predicted octanol–water partition coefficient (Wildman–Crippen LogP) is 4.21. The Morgan fingerprint density at radius 3 is 2.36 bits per heavy atom. The van der Waals surface area contributed by atoms with Crippen molar-refractivity contribution in [2.75, 3.05) is 0 Å². The molecular weight excluding hydrogens is 354 g/mol. The molecule has 1 aromatic heterocycles. The van der Waals surface area contributed by atoms with Crippen molar-refractivity contribution in [3.63, 3.8) is 0 Å². The number of ketones is 1. The number of carbonyl (C=O) groups excluding carboxylic acids is 2. The Kier molecular flexibility index (Phi) is 4.57. The van der Waals surface area contributed by atoms with Gasteiger partial charge in [-0.25, -0.2) is 0 Å². The predicted molar refractivity (Wildman–Crippen MR) is 104 cm³/mol. The number of amides is 1. The number of Topliss-reactive ketones (excluding diaryl/α,β-unsaturated/α-hetero) is 1. The van der Waals surface area contributed by atoms with Crippen LogP contribution in [0.15, 0.2) is 83.0 Å². The topological polar surface area (TPSA) is 70.8 Å². The molecule has 0 saturated carbocycles. The first-order chi connectivity index (χ1) is 13.6. The van der Waals surface area contributed by atoms with E-state index < -0.39 is 17.7 Å². The Labute approximate surface area is 162 Å². The van der Waals surface area contributed by atoms with Crippen LogP contribution < -0.4 is 0 Å². The molecule has 1 saturated heterocycles. The van der Waals surface area contributed by atoms with Crippen molar-refractivity contribution < 1.29 is 19.1 Å². The quantitative estimate of drug-likeness (QED) is 0.422. The maximum Gasteiger partial charge on any atom is 0.296 e. The minimum atomic E-state index is -0.696. The summed E-state index contributed by atoms with van der Waals surface area (Å²) in [5, 5.41) is 10.9. The van der Waals surface area contributed by atoms with Crippen LogP contribution in [0.5, 0.6) is 0 Å². The van der Waals surface area contributed by atoms with E-state index in [9.17, 15) is 14.7 Å². The van der Waals surface area contributed by atoms with E-state index in [1.165, 1.54) is 11.2 Å². The summed E-state index contributed by atoms with van der Waals surface area (Å²) in [6.07, 6.45) is 1.52. The highest BCUT2D eigenvalue weighted by molar-refractivity contribution is 6.46. The van der Waals surface area contributed by atoms with Crippen LogP contribution in [-0.4, -0.2) is 21.7 Å². The van der Waals surface area contributed by atoms with Gasteiger partial charge in [0.1, 0.15) is 11.5 Å². The zero-order valence-corrected chi connectivity index (χ0v) is 15.3. The van der Waals surface area contributed by atoms with Crippen molar-refractivity contribution in [1.82, 2.24) is 4.90 Å². The van der Waals surface area contributed by atoms with Crippen molar-refractivity contribution in [2.45, 2.75) is 19.5 Å². The molecule has 2 heterocycles. The van der Waals surface area contributed by atoms with Crippen molar-refractivity contribution in [3.05, 3.63) is 101 Å². The highest BCUT2D eigenvalue weighted by Crippen LogP contribution is 2.40. The van der Waals surface area contributed by atoms with E-state index in [1.807, 2.05) is 37.3 Å². The van der Waals surface area contributed by atoms with E-state index in [0.717, 1.165) is 11.1 Å². The first-order valence-corrected chi connectivity index (χ1v) is 8.99. The van der Waals surface area contributed by atoms with Crippen LogP contribution in [0.1, 0.15) is 28.5 Å². The highest BCUT2D eigenvalue weighted by Gasteiger charge is 2.46. The lowest BCUT2D eigenvalue weighted by atomic mass is 9.95. The van der Waals surface area contributed by atoms with Crippen molar-refractivity contribution in [2.24, 2.45) is 0 Å². The molecule has 0 bridgehead atoms. The zero-order valence-electron chi connectivity index (χ0n) is 15.3. The molecule has 2 aromatic carbocycles. The van der Waals surface area contributed by atoms with Crippen LogP contribution in [0.3, 0.4) is 0 Å². The van der Waals surface area contributed by atoms with E-state index in [4.69, 9.17) is 4.42 Å². The minimum Gasteiger partial charge on any atom is -0.507 e. The number of aryl methyl sites for hydroxylation is 1. The second kappa shape index (κ2) is 7.19. The Bertz CT molecular complexity index is 1030. The average molecular weight is 373 g/mol. The summed E-state index contributed by atoms with van der Waals surface area (Å²) < 4.78 is 5.38. The molecule has 0 radical (unpaired) electrons. The third kappa shape index (κ3) is 3.11. The highest BCUT2D eigenvalue weighted by atomic mass is 16.3. The Hall–Kier alpha value is -3.60. The number of benzene rings is 2. The number of aliphatic hydroxyl groups excluding tert-OH is 1. The monoisotopic (exact) mass is 373 g/mol. The Morgan fingerprint density at radius 2 is 1.71 bits per heavy atom. The third-order valence-electron chi connectivity index (χ3n) is 4.89. The molecule has 4 rings (SSSR count). The van der Waals surface area contributed by atoms with Gasteiger partial charge in [-0.05, 0) is 24.6 Å². The van der Waals surface area contributed by atoms with Crippen LogP contribution >= 0.6 is 0 Å². The molecule has 5 nitrogen and oxygen atoms in total. The average Bonchev–Trinajstić information content (AvgIpc) is 3.31. The summed E-state index contributed by atoms with van der Waals surface area (Å²) in [5.74, 6) is -0.955. The summed E-state index contributed by atoms with van der Waals surface area (Å²) in [5.41, 5.74) is 2.41. The number of carbonyl (C=O) groups is 2. The Morgan fingerprint density at radius 1 is 1.00 bits per heavy atom. The molecule has 1 aliphatic rings. The SMILES string of the molecule is Cc1ccc([C@H]2C(=C(O)c3ccccc3)C(=O)C(=O)N2Cc2ccco2)cc1. The summed E-state index contributed by atoms with van der Waals surface area (Å²) in [4.78, 5) is 27.1. The molecule has 5 heteroatoms. The lowest BCUT2D eigenvalue weighted by Gasteiger charge is -2.24. The lowest BCUT2D eigenvalue weighted by Crippen LogP contribution is -2.29. The fraction of sp³-hybridized carbons (Fsp3) is 0.130. The molecule has 28 heavy (non-hydrogen) atoms. The first-order valence-electron chi connectivity index (χ1n) is 8.99. The summed E-state index contributed by atoms with van der Waals surface area (Å²) in [6.45, 7) is 2.11. The van der Waals surface area contributed by atoms with Gasteiger partial charge in [0.2, 0.25) is 0 Å². The summed E-state index contributed by atoms with van der Waals surface area (Å²) >= 11 is 0. The van der Waals surface area contributed by atoms with E-state index >= 15 is 0 Å². The largest absolute Gasteiger partial charge is 0.507 e. The van der Waals surface area contributed by atoms with E-state index in [2.05, 4.69) is 0 Å². The first kappa shape index (κ1) is 17.8. The molecule has 1 amide bonds. The number of likely N-dealkylation sites (tertiary alicyclic amines) is 1. The summed E-state index contributed by atoms with van der Waals surface area (Å²) in [6, 6.07) is 19.2. The number of nitrogens with zero attached hydrogens (tertiary/aromatic N) is 1. The molecule has 1 fully saturated rings. The maximum absolute atomic E-state index is 12.9. The van der Waals surface area contributed by atoms with Gasteiger partial charge in [-0.15, -0.1) is 0 Å². The number of furan rings is 1. The molecule has 1 N–H and O–H groups in total. The smallest absolute Gasteiger partial charge is 0.296 e. The van der Waals surface area contributed by atoms with Gasteiger partial charge < -0.3 is 14.4 Å². The van der Waals surface area contributed by atoms with Crippen LogP contribution in [-0.2, 0) is 16.1 Å². The standard InChI is InChI=1S/C23H19NO4/c1-15-9-11-16(12-10-15)20-19(21(25)17-6-3-2-4-7-17)22(26)23(27)24(20)14-18-8-5-13-28-18/h2-13,20,25H,14H2,1H3/t20-/m0/s1. The molecular formula is C23H19NO4. The van der Waals surface area contributed by atoms with Crippen molar-refractivity contribution in [1.29, 1.82) is 0 Å². The minimum absolute atomic E-state index is 0.0895. The molecule has 140 valence electrons.